The van der Waals surface area contributed by atoms with Crippen LogP contribution in [0.15, 0.2) is 36.7 Å². The minimum atomic E-state index is 0.695. The van der Waals surface area contributed by atoms with Crippen LogP contribution in [0.2, 0.25) is 0 Å². The predicted molar refractivity (Wildman–Crippen MR) is 112 cm³/mol. The average Bonchev–Trinajstić information content (AvgIpc) is 3.42. The van der Waals surface area contributed by atoms with E-state index in [0.29, 0.717) is 5.92 Å². The molecule has 7 heteroatoms. The van der Waals surface area contributed by atoms with Gasteiger partial charge in [0.05, 0.1) is 29.5 Å². The van der Waals surface area contributed by atoms with Gasteiger partial charge in [0.1, 0.15) is 5.75 Å². The highest BCUT2D eigenvalue weighted by molar-refractivity contribution is 5.81. The van der Waals surface area contributed by atoms with Crippen LogP contribution in [0.3, 0.4) is 0 Å². The lowest BCUT2D eigenvalue weighted by Crippen LogP contribution is -2.10. The second-order valence-corrected chi connectivity index (χ2v) is 8.10. The molecule has 0 aliphatic heterocycles. The highest BCUT2D eigenvalue weighted by Crippen LogP contribution is 2.31. The molecule has 0 amide bonds. The lowest BCUT2D eigenvalue weighted by molar-refractivity contribution is 0.299. The van der Waals surface area contributed by atoms with Crippen LogP contribution in [0.25, 0.3) is 28.1 Å². The van der Waals surface area contributed by atoms with Crippen molar-refractivity contribution in [2.24, 2.45) is 5.92 Å². The third kappa shape index (κ3) is 3.53. The summed E-state index contributed by atoms with van der Waals surface area (Å²) in [6.07, 6.45) is 6.09. The third-order valence-electron chi connectivity index (χ3n) is 5.21. The molecular weight excluding hydrogens is 364 g/mol. The Morgan fingerprint density at radius 3 is 2.79 bits per heavy atom. The largest absolute Gasteiger partial charge is 0.492 e. The minimum absolute atomic E-state index is 0.695. The molecular formula is C22H24N6O. The molecule has 0 radical (unpaired) electrons. The smallest absolute Gasteiger partial charge is 0.183 e. The number of fused-ring (bicyclic) bond motifs is 3. The first kappa shape index (κ1) is 18.0. The molecule has 0 bridgehead atoms. The minimum Gasteiger partial charge on any atom is -0.492 e. The summed E-state index contributed by atoms with van der Waals surface area (Å²) in [4.78, 5) is 11.3. The van der Waals surface area contributed by atoms with Crippen LogP contribution in [0.4, 0.5) is 0 Å². The van der Waals surface area contributed by atoms with Crippen LogP contribution in [0, 0.1) is 12.8 Å². The molecule has 0 unspecified atom stereocenters. The standard InChI is InChI=1S/C22H24N6O/c1-14-21-25-26-22(17-9-18(11-23-10-17)29-13-15-4-5-15)28(21)20-8-16(12-27(2)3)6-7-19(20)24-14/h6-11,15H,4-5,12-13H2,1-3H3. The van der Waals surface area contributed by atoms with Crippen molar-refractivity contribution in [1.82, 2.24) is 29.5 Å². The number of aryl methyl sites for hydroxylation is 1. The first-order chi connectivity index (χ1) is 14.1. The molecule has 148 valence electrons. The Hall–Kier alpha value is -3.06. The van der Waals surface area contributed by atoms with Crippen LogP contribution in [0.5, 0.6) is 5.75 Å². The summed E-state index contributed by atoms with van der Waals surface area (Å²) in [6, 6.07) is 8.36. The van der Waals surface area contributed by atoms with Gasteiger partial charge in [-0.1, -0.05) is 6.07 Å². The highest BCUT2D eigenvalue weighted by Gasteiger charge is 2.22. The molecule has 0 saturated heterocycles. The number of ether oxygens (including phenoxy) is 1. The second-order valence-electron chi connectivity index (χ2n) is 8.10. The zero-order valence-electron chi connectivity index (χ0n) is 17.0. The maximum absolute atomic E-state index is 5.92. The fourth-order valence-electron chi connectivity index (χ4n) is 3.59. The van der Waals surface area contributed by atoms with Gasteiger partial charge >= 0.3 is 0 Å². The summed E-state index contributed by atoms with van der Waals surface area (Å²) >= 11 is 0. The number of pyridine rings is 1. The maximum Gasteiger partial charge on any atom is 0.183 e. The molecule has 7 nitrogen and oxygen atoms in total. The highest BCUT2D eigenvalue weighted by atomic mass is 16.5. The van der Waals surface area contributed by atoms with Crippen molar-refractivity contribution >= 4 is 16.7 Å². The molecule has 5 rings (SSSR count). The number of benzene rings is 1. The molecule has 1 fully saturated rings. The van der Waals surface area contributed by atoms with E-state index in [-0.39, 0.29) is 0 Å². The topological polar surface area (TPSA) is 68.4 Å². The van der Waals surface area contributed by atoms with Crippen molar-refractivity contribution in [3.63, 3.8) is 0 Å². The van der Waals surface area contributed by atoms with E-state index >= 15 is 0 Å². The predicted octanol–water partition coefficient (Wildman–Crippen LogP) is 3.50. The third-order valence-corrected chi connectivity index (χ3v) is 5.21. The number of hydrogen-bond donors (Lipinski definition) is 0. The van der Waals surface area contributed by atoms with E-state index in [1.165, 1.54) is 18.4 Å². The molecule has 1 aromatic carbocycles. The van der Waals surface area contributed by atoms with Crippen molar-refractivity contribution in [1.29, 1.82) is 0 Å². The van der Waals surface area contributed by atoms with E-state index in [1.54, 1.807) is 6.20 Å². The van der Waals surface area contributed by atoms with Gasteiger partial charge in [-0.3, -0.25) is 9.38 Å². The second kappa shape index (κ2) is 7.08. The fourth-order valence-corrected chi connectivity index (χ4v) is 3.59. The quantitative estimate of drug-likeness (QED) is 0.504. The number of aromatic nitrogens is 5. The van der Waals surface area contributed by atoms with Crippen molar-refractivity contribution in [2.75, 3.05) is 20.7 Å². The van der Waals surface area contributed by atoms with E-state index in [4.69, 9.17) is 9.72 Å². The zero-order chi connectivity index (χ0) is 20.0. The van der Waals surface area contributed by atoms with E-state index in [9.17, 15) is 0 Å². The monoisotopic (exact) mass is 388 g/mol. The first-order valence-electron chi connectivity index (χ1n) is 9.96. The van der Waals surface area contributed by atoms with E-state index in [2.05, 4.69) is 56.8 Å². The Bertz CT molecular complexity index is 1190. The van der Waals surface area contributed by atoms with Gasteiger partial charge in [-0.05, 0) is 63.5 Å². The summed E-state index contributed by atoms with van der Waals surface area (Å²) in [5.74, 6) is 2.22. The lowest BCUT2D eigenvalue weighted by Gasteiger charge is -2.12. The summed E-state index contributed by atoms with van der Waals surface area (Å²) in [5.41, 5.74) is 5.64. The van der Waals surface area contributed by atoms with Crippen molar-refractivity contribution in [2.45, 2.75) is 26.3 Å². The van der Waals surface area contributed by atoms with Crippen LogP contribution in [-0.4, -0.2) is 50.2 Å². The fraction of sp³-hybridized carbons (Fsp3) is 0.364. The van der Waals surface area contributed by atoms with Gasteiger partial charge in [0, 0.05) is 18.3 Å². The summed E-state index contributed by atoms with van der Waals surface area (Å²) in [6.45, 7) is 3.58. The Labute approximate surface area is 169 Å². The van der Waals surface area contributed by atoms with Gasteiger partial charge in [-0.2, -0.15) is 0 Å². The van der Waals surface area contributed by atoms with E-state index in [1.807, 2.05) is 19.2 Å². The number of hydrogen-bond acceptors (Lipinski definition) is 6. The normalized spacial score (nSPS) is 14.2. The molecule has 1 aliphatic rings. The molecule has 3 aromatic heterocycles. The van der Waals surface area contributed by atoms with Gasteiger partial charge in [0.25, 0.3) is 0 Å². The van der Waals surface area contributed by atoms with Gasteiger partial charge < -0.3 is 9.64 Å². The first-order valence-corrected chi connectivity index (χ1v) is 9.96. The Morgan fingerprint density at radius 1 is 1.14 bits per heavy atom. The molecule has 4 aromatic rings. The zero-order valence-corrected chi connectivity index (χ0v) is 17.0. The van der Waals surface area contributed by atoms with Crippen LogP contribution in [0.1, 0.15) is 24.1 Å². The summed E-state index contributed by atoms with van der Waals surface area (Å²) in [7, 11) is 4.13. The Kier molecular flexibility index (Phi) is 4.39. The Morgan fingerprint density at radius 2 is 2.00 bits per heavy atom. The van der Waals surface area contributed by atoms with Crippen LogP contribution in [-0.2, 0) is 6.54 Å². The maximum atomic E-state index is 5.92. The Balaban J connectivity index is 1.64. The summed E-state index contributed by atoms with van der Waals surface area (Å²) in [5, 5.41) is 8.90. The SMILES string of the molecule is Cc1nc2ccc(CN(C)C)cc2n2c(-c3cncc(OCC4CC4)c3)nnc12. The van der Waals surface area contributed by atoms with Gasteiger partial charge in [-0.15, -0.1) is 10.2 Å². The van der Waals surface area contributed by atoms with Crippen molar-refractivity contribution < 1.29 is 4.74 Å². The number of nitrogens with zero attached hydrogens (tertiary/aromatic N) is 6. The molecule has 1 saturated carbocycles. The average molecular weight is 388 g/mol. The van der Waals surface area contributed by atoms with Gasteiger partial charge in [-0.25, -0.2) is 4.98 Å². The molecule has 1 aliphatic carbocycles. The lowest BCUT2D eigenvalue weighted by atomic mass is 10.1. The van der Waals surface area contributed by atoms with Crippen LogP contribution < -0.4 is 4.74 Å². The molecule has 0 spiro atoms. The molecule has 0 N–H and O–H groups in total. The molecule has 0 atom stereocenters. The van der Waals surface area contributed by atoms with E-state index < -0.39 is 0 Å². The van der Waals surface area contributed by atoms with Gasteiger partial charge in [0.15, 0.2) is 11.5 Å². The summed E-state index contributed by atoms with van der Waals surface area (Å²) < 4.78 is 8.00. The van der Waals surface area contributed by atoms with Gasteiger partial charge in [0.2, 0.25) is 0 Å². The molecule has 3 heterocycles. The van der Waals surface area contributed by atoms with Crippen LogP contribution >= 0.6 is 0 Å². The molecule has 29 heavy (non-hydrogen) atoms. The van der Waals surface area contributed by atoms with E-state index in [0.717, 1.165) is 52.7 Å². The number of rotatable bonds is 6. The van der Waals surface area contributed by atoms with Crippen molar-refractivity contribution in [3.05, 3.63) is 47.9 Å². The van der Waals surface area contributed by atoms with Crippen molar-refractivity contribution in [3.8, 4) is 17.1 Å².